The number of hydrogen-bond donors (Lipinski definition) is 1. The molecule has 4 nitrogen and oxygen atoms in total. The molecule has 0 spiro atoms. The molecule has 2 aliphatic carbocycles. The molecule has 0 amide bonds. The van der Waals surface area contributed by atoms with Gasteiger partial charge in [-0.25, -0.2) is 0 Å². The number of hydrogen-bond acceptors (Lipinski definition) is 3. The second-order valence-corrected chi connectivity index (χ2v) is 9.13. The summed E-state index contributed by atoms with van der Waals surface area (Å²) in [6.07, 6.45) is 24.6. The van der Waals surface area contributed by atoms with E-state index in [0.29, 0.717) is 5.92 Å². The zero-order valence-corrected chi connectivity index (χ0v) is 19.2. The molecule has 3 aliphatic rings. The highest BCUT2D eigenvalue weighted by Gasteiger charge is 2.12. The van der Waals surface area contributed by atoms with Gasteiger partial charge in [0.2, 0.25) is 0 Å². The van der Waals surface area contributed by atoms with E-state index in [1.165, 1.54) is 41.6 Å². The van der Waals surface area contributed by atoms with Crippen LogP contribution in [0, 0.1) is 5.92 Å². The molecule has 5 rings (SSSR count). The maximum Gasteiger partial charge on any atom is 0.0854 e. The number of allylic oxidation sites excluding steroid dienone is 6. The third kappa shape index (κ3) is 6.10. The lowest BCUT2D eigenvalue weighted by molar-refractivity contribution is 0.0369. The van der Waals surface area contributed by atoms with Crippen LogP contribution >= 0.6 is 0 Å². The number of aromatic amines is 1. The molecule has 2 heterocycles. The number of aromatic nitrogens is 2. The van der Waals surface area contributed by atoms with Gasteiger partial charge in [-0.2, -0.15) is 5.10 Å². The summed E-state index contributed by atoms with van der Waals surface area (Å²) in [5, 5.41) is 7.56. The van der Waals surface area contributed by atoms with Crippen molar-refractivity contribution in [1.29, 1.82) is 0 Å². The molecule has 1 N–H and O–H groups in total. The lowest BCUT2D eigenvalue weighted by Gasteiger charge is -2.27. The van der Waals surface area contributed by atoms with Crippen molar-refractivity contribution in [3.63, 3.8) is 0 Å². The van der Waals surface area contributed by atoms with E-state index in [9.17, 15) is 0 Å². The van der Waals surface area contributed by atoms with Crippen LogP contribution in [0.15, 0.2) is 60.2 Å². The van der Waals surface area contributed by atoms with Crippen LogP contribution in [0.1, 0.15) is 47.3 Å². The Labute approximate surface area is 197 Å². The Kier molecular flexibility index (Phi) is 7.14. The minimum atomic E-state index is 0.669. The van der Waals surface area contributed by atoms with Gasteiger partial charge in [0.15, 0.2) is 0 Å². The largest absolute Gasteiger partial charge is 0.379 e. The summed E-state index contributed by atoms with van der Waals surface area (Å²) in [5.41, 5.74) is 7.20. The molecule has 1 fully saturated rings. The van der Waals surface area contributed by atoms with Crippen LogP contribution in [0.5, 0.6) is 0 Å². The Morgan fingerprint density at radius 1 is 1.06 bits per heavy atom. The molecule has 1 saturated heterocycles. The smallest absolute Gasteiger partial charge is 0.0854 e. The lowest BCUT2D eigenvalue weighted by Crippen LogP contribution is -2.36. The second kappa shape index (κ2) is 10.8. The molecule has 0 bridgehead atoms. The summed E-state index contributed by atoms with van der Waals surface area (Å²) in [6, 6.07) is 8.70. The third-order valence-corrected chi connectivity index (χ3v) is 6.69. The van der Waals surface area contributed by atoms with E-state index in [2.05, 4.69) is 94.0 Å². The Hall–Kier alpha value is -2.95. The van der Waals surface area contributed by atoms with Crippen LogP contribution in [0.4, 0.5) is 0 Å². The van der Waals surface area contributed by atoms with Gasteiger partial charge in [0.05, 0.1) is 24.6 Å². The van der Waals surface area contributed by atoms with Crippen molar-refractivity contribution in [2.45, 2.75) is 25.7 Å². The van der Waals surface area contributed by atoms with Gasteiger partial charge < -0.3 is 4.74 Å². The first-order valence-corrected chi connectivity index (χ1v) is 12.2. The van der Waals surface area contributed by atoms with Gasteiger partial charge in [-0.1, -0.05) is 60.7 Å². The van der Waals surface area contributed by atoms with E-state index in [1.807, 2.05) is 0 Å². The van der Waals surface area contributed by atoms with Crippen molar-refractivity contribution >= 4 is 24.3 Å². The number of nitrogens with one attached hydrogen (secondary N) is 1. The average Bonchev–Trinajstić information content (AvgIpc) is 3.52. The molecule has 4 heteroatoms. The minimum absolute atomic E-state index is 0.669. The summed E-state index contributed by atoms with van der Waals surface area (Å²) >= 11 is 0. The van der Waals surface area contributed by atoms with Gasteiger partial charge in [0.25, 0.3) is 0 Å². The maximum absolute atomic E-state index is 5.43. The van der Waals surface area contributed by atoms with E-state index in [1.54, 1.807) is 0 Å². The average molecular weight is 440 g/mol. The number of benzene rings is 1. The SMILES string of the molecule is C1=Cc2ccc(/C=C/c3cc(/C=C/C4=CCC(CCCN5CCOCC5)C=C4)[nH]n3)cc2C1. The molecule has 1 unspecified atom stereocenters. The predicted molar refractivity (Wildman–Crippen MR) is 138 cm³/mol. The summed E-state index contributed by atoms with van der Waals surface area (Å²) < 4.78 is 5.43. The summed E-state index contributed by atoms with van der Waals surface area (Å²) in [6.45, 7) is 5.16. The lowest BCUT2D eigenvalue weighted by atomic mass is 9.92. The van der Waals surface area contributed by atoms with Crippen molar-refractivity contribution in [1.82, 2.24) is 15.1 Å². The number of rotatable bonds is 8. The zero-order chi connectivity index (χ0) is 22.3. The summed E-state index contributed by atoms with van der Waals surface area (Å²) in [4.78, 5) is 2.52. The van der Waals surface area contributed by atoms with Crippen LogP contribution in [0.2, 0.25) is 0 Å². The first-order chi connectivity index (χ1) is 16.3. The molecule has 0 saturated carbocycles. The van der Waals surface area contributed by atoms with Crippen LogP contribution in [-0.4, -0.2) is 47.9 Å². The number of nitrogens with zero attached hydrogens (tertiary/aromatic N) is 2. The molecule has 1 aromatic carbocycles. The van der Waals surface area contributed by atoms with E-state index in [-0.39, 0.29) is 0 Å². The highest BCUT2D eigenvalue weighted by Crippen LogP contribution is 2.23. The Morgan fingerprint density at radius 2 is 2.00 bits per heavy atom. The number of fused-ring (bicyclic) bond motifs is 1. The van der Waals surface area contributed by atoms with Crippen molar-refractivity contribution in [2.75, 3.05) is 32.8 Å². The molecule has 170 valence electrons. The number of H-pyrrole nitrogens is 1. The Balaban J connectivity index is 1.08. The van der Waals surface area contributed by atoms with E-state index in [4.69, 9.17) is 4.74 Å². The molecular weight excluding hydrogens is 406 g/mol. The zero-order valence-electron chi connectivity index (χ0n) is 19.2. The standard InChI is InChI=1S/C29H33N3O/c1-4-26-13-10-25(21-27(26)5-1)12-15-29-22-28(30-31-29)14-11-24-8-6-23(7-9-24)3-2-16-32-17-19-33-20-18-32/h1,4,6,8-15,21-23H,2-3,5,7,16-20H2,(H,30,31)/b14-11+,15-12+. The Bertz CT molecular complexity index is 1100. The monoisotopic (exact) mass is 439 g/mol. The van der Waals surface area contributed by atoms with Gasteiger partial charge in [-0.15, -0.1) is 0 Å². The Morgan fingerprint density at radius 3 is 2.88 bits per heavy atom. The van der Waals surface area contributed by atoms with Gasteiger partial charge in [0.1, 0.15) is 0 Å². The second-order valence-electron chi connectivity index (χ2n) is 9.13. The van der Waals surface area contributed by atoms with Crippen LogP contribution < -0.4 is 0 Å². The maximum atomic E-state index is 5.43. The van der Waals surface area contributed by atoms with Crippen LogP contribution in [-0.2, 0) is 11.2 Å². The van der Waals surface area contributed by atoms with Gasteiger partial charge in [0, 0.05) is 13.1 Å². The molecule has 1 atom stereocenters. The molecule has 33 heavy (non-hydrogen) atoms. The minimum Gasteiger partial charge on any atom is -0.379 e. The van der Waals surface area contributed by atoms with Crippen molar-refractivity contribution in [2.24, 2.45) is 5.92 Å². The first kappa shape index (κ1) is 21.9. The highest BCUT2D eigenvalue weighted by molar-refractivity contribution is 5.71. The van der Waals surface area contributed by atoms with Crippen molar-refractivity contribution < 1.29 is 4.74 Å². The van der Waals surface area contributed by atoms with Crippen LogP contribution in [0.25, 0.3) is 24.3 Å². The molecule has 0 radical (unpaired) electrons. The van der Waals surface area contributed by atoms with Gasteiger partial charge in [-0.05, 0) is 78.6 Å². The highest BCUT2D eigenvalue weighted by atomic mass is 16.5. The summed E-state index contributed by atoms with van der Waals surface area (Å²) in [5.74, 6) is 0.669. The van der Waals surface area contributed by atoms with Crippen molar-refractivity contribution in [3.05, 3.63) is 88.3 Å². The first-order valence-electron chi connectivity index (χ1n) is 12.2. The van der Waals surface area contributed by atoms with E-state index < -0.39 is 0 Å². The fraction of sp³-hybridized carbons (Fsp3) is 0.345. The molecule has 2 aromatic rings. The van der Waals surface area contributed by atoms with Crippen molar-refractivity contribution in [3.8, 4) is 0 Å². The fourth-order valence-electron chi connectivity index (χ4n) is 4.69. The summed E-state index contributed by atoms with van der Waals surface area (Å²) in [7, 11) is 0. The quantitative estimate of drug-likeness (QED) is 0.567. The fourth-order valence-corrected chi connectivity index (χ4v) is 4.69. The molecule has 1 aliphatic heterocycles. The number of morpholine rings is 1. The third-order valence-electron chi connectivity index (χ3n) is 6.69. The predicted octanol–water partition coefficient (Wildman–Crippen LogP) is 5.78. The topological polar surface area (TPSA) is 41.1 Å². The molecular formula is C29H33N3O. The normalized spacial score (nSPS) is 20.7. The number of ether oxygens (including phenoxy) is 1. The van der Waals surface area contributed by atoms with Gasteiger partial charge in [-0.3, -0.25) is 10.00 Å². The molecule has 1 aromatic heterocycles. The van der Waals surface area contributed by atoms with E-state index in [0.717, 1.165) is 50.5 Å². The van der Waals surface area contributed by atoms with Crippen LogP contribution in [0.3, 0.4) is 0 Å². The van der Waals surface area contributed by atoms with E-state index >= 15 is 0 Å². The van der Waals surface area contributed by atoms with Gasteiger partial charge >= 0.3 is 0 Å².